The van der Waals surface area contributed by atoms with Crippen molar-refractivity contribution in [1.29, 1.82) is 0 Å². The maximum atomic E-state index is 9.30. The van der Waals surface area contributed by atoms with Gasteiger partial charge in [0.2, 0.25) is 0 Å². The highest BCUT2D eigenvalue weighted by molar-refractivity contribution is 4.93. The van der Waals surface area contributed by atoms with Crippen LogP contribution in [-0.4, -0.2) is 43.4 Å². The van der Waals surface area contributed by atoms with Gasteiger partial charge in [-0.3, -0.25) is 0 Å². The average molecular weight is 146 g/mol. The van der Waals surface area contributed by atoms with Crippen molar-refractivity contribution in [1.82, 2.24) is 0 Å². The van der Waals surface area contributed by atoms with Gasteiger partial charge in [-0.15, -0.1) is 0 Å². The maximum Gasteiger partial charge on any atom is 0.186 e. The molecule has 0 aromatic rings. The first kappa shape index (κ1) is 6.54. The second kappa shape index (κ2) is 2.17. The third-order valence-electron chi connectivity index (χ3n) is 1.98. The van der Waals surface area contributed by atoms with Gasteiger partial charge in [0, 0.05) is 7.11 Å². The van der Waals surface area contributed by atoms with E-state index in [-0.39, 0.29) is 12.2 Å². The molecule has 2 saturated heterocycles. The topological polar surface area (TPSA) is 47.9 Å². The van der Waals surface area contributed by atoms with Crippen LogP contribution in [0.3, 0.4) is 0 Å². The summed E-state index contributed by atoms with van der Waals surface area (Å²) in [7, 11) is 1.51. The second-order valence-electron chi connectivity index (χ2n) is 2.57. The summed E-state index contributed by atoms with van der Waals surface area (Å²) in [4.78, 5) is 0. The summed E-state index contributed by atoms with van der Waals surface area (Å²) >= 11 is 0. The predicted molar refractivity (Wildman–Crippen MR) is 31.4 cm³/mol. The molecular formula is C6H10O4. The molecule has 0 amide bonds. The molecule has 2 rings (SSSR count). The Hall–Kier alpha value is -0.160. The summed E-state index contributed by atoms with van der Waals surface area (Å²) in [6, 6.07) is 0. The van der Waals surface area contributed by atoms with E-state index in [1.165, 1.54) is 7.11 Å². The highest BCUT2D eigenvalue weighted by Crippen LogP contribution is 2.31. The van der Waals surface area contributed by atoms with Crippen molar-refractivity contribution in [2.24, 2.45) is 0 Å². The summed E-state index contributed by atoms with van der Waals surface area (Å²) < 4.78 is 15.1. The minimum atomic E-state index is -0.608. The van der Waals surface area contributed by atoms with Crippen LogP contribution in [0.1, 0.15) is 0 Å². The zero-order chi connectivity index (χ0) is 7.14. The third-order valence-corrected chi connectivity index (χ3v) is 1.98. The van der Waals surface area contributed by atoms with Gasteiger partial charge in [0.05, 0.1) is 6.61 Å². The number of rotatable bonds is 1. The molecule has 4 nitrogen and oxygen atoms in total. The minimum absolute atomic E-state index is 0.0555. The van der Waals surface area contributed by atoms with Crippen molar-refractivity contribution in [2.45, 2.75) is 24.6 Å². The lowest BCUT2D eigenvalue weighted by Crippen LogP contribution is -2.46. The zero-order valence-corrected chi connectivity index (χ0v) is 5.69. The second-order valence-corrected chi connectivity index (χ2v) is 2.57. The first-order valence-electron chi connectivity index (χ1n) is 3.31. The molecule has 4 heteroatoms. The van der Waals surface area contributed by atoms with Gasteiger partial charge >= 0.3 is 0 Å². The largest absolute Gasteiger partial charge is 0.385 e. The first-order valence-corrected chi connectivity index (χ1v) is 3.31. The molecule has 0 saturated carbocycles. The van der Waals surface area contributed by atoms with Crippen LogP contribution in [-0.2, 0) is 14.2 Å². The Morgan fingerprint density at radius 3 is 2.70 bits per heavy atom. The normalized spacial score (nSPS) is 52.2. The molecule has 2 fully saturated rings. The highest BCUT2D eigenvalue weighted by Gasteiger charge is 2.50. The van der Waals surface area contributed by atoms with Gasteiger partial charge in [0.25, 0.3) is 0 Å². The van der Waals surface area contributed by atoms with Crippen LogP contribution in [0, 0.1) is 0 Å². The van der Waals surface area contributed by atoms with Crippen LogP contribution in [0.4, 0.5) is 0 Å². The Balaban J connectivity index is 2.02. The smallest absolute Gasteiger partial charge is 0.186 e. The van der Waals surface area contributed by atoms with Crippen molar-refractivity contribution in [3.05, 3.63) is 0 Å². The van der Waals surface area contributed by atoms with Gasteiger partial charge in [-0.05, 0) is 0 Å². The van der Waals surface area contributed by atoms with Crippen LogP contribution in [0.2, 0.25) is 0 Å². The fourth-order valence-electron chi connectivity index (χ4n) is 1.32. The quantitative estimate of drug-likeness (QED) is 0.521. The Morgan fingerprint density at radius 2 is 2.40 bits per heavy atom. The number of aliphatic hydroxyl groups is 1. The van der Waals surface area contributed by atoms with Gasteiger partial charge in [-0.2, -0.15) is 0 Å². The molecule has 0 radical (unpaired) electrons. The minimum Gasteiger partial charge on any atom is -0.385 e. The zero-order valence-electron chi connectivity index (χ0n) is 5.69. The molecule has 0 aromatic carbocycles. The molecule has 0 bridgehead atoms. The number of fused-ring (bicyclic) bond motifs is 1. The Bertz CT molecular complexity index is 138. The molecule has 58 valence electrons. The van der Waals surface area contributed by atoms with Crippen LogP contribution in [0.15, 0.2) is 0 Å². The first-order chi connectivity index (χ1) is 4.83. The van der Waals surface area contributed by atoms with Crippen LogP contribution in [0.25, 0.3) is 0 Å². The molecular weight excluding hydrogens is 136 g/mol. The molecule has 0 aliphatic carbocycles. The maximum absolute atomic E-state index is 9.30. The molecule has 1 N–H and O–H groups in total. The van der Waals surface area contributed by atoms with E-state index in [1.54, 1.807) is 0 Å². The molecule has 0 aromatic heterocycles. The molecule has 10 heavy (non-hydrogen) atoms. The molecule has 2 heterocycles. The number of aliphatic hydroxyl groups excluding tert-OH is 1. The van der Waals surface area contributed by atoms with Crippen molar-refractivity contribution in [2.75, 3.05) is 13.7 Å². The van der Waals surface area contributed by atoms with E-state index in [4.69, 9.17) is 14.2 Å². The lowest BCUT2D eigenvalue weighted by molar-refractivity contribution is -0.175. The van der Waals surface area contributed by atoms with Crippen molar-refractivity contribution < 1.29 is 19.3 Å². The van der Waals surface area contributed by atoms with Crippen LogP contribution < -0.4 is 0 Å². The average Bonchev–Trinajstić information content (AvgIpc) is 2.05. The monoisotopic (exact) mass is 146 g/mol. The Morgan fingerprint density at radius 1 is 1.60 bits per heavy atom. The van der Waals surface area contributed by atoms with E-state index in [2.05, 4.69) is 0 Å². The lowest BCUT2D eigenvalue weighted by atomic mass is 10.1. The van der Waals surface area contributed by atoms with Gasteiger partial charge in [-0.1, -0.05) is 0 Å². The van der Waals surface area contributed by atoms with Gasteiger partial charge in [0.1, 0.15) is 18.3 Å². The molecule has 2 aliphatic rings. The lowest BCUT2D eigenvalue weighted by Gasteiger charge is -2.29. The highest BCUT2D eigenvalue weighted by atomic mass is 16.7. The predicted octanol–water partition coefficient (Wildman–Crippen LogP) is -0.883. The molecule has 0 spiro atoms. The fraction of sp³-hybridized carbons (Fsp3) is 1.00. The number of hydrogen-bond donors (Lipinski definition) is 1. The number of hydrogen-bond acceptors (Lipinski definition) is 4. The summed E-state index contributed by atoms with van der Waals surface area (Å²) in [6.45, 7) is 0.585. The van der Waals surface area contributed by atoms with Gasteiger partial charge < -0.3 is 19.3 Å². The number of ether oxygens (including phenoxy) is 3. The SMILES string of the molecule is COC1OC2COC2C1O. The van der Waals surface area contributed by atoms with Crippen LogP contribution >= 0.6 is 0 Å². The standard InChI is InChI=1S/C6H10O4/c1-8-6-4(7)5-3(10-6)2-9-5/h3-7H,2H2,1H3. The summed E-state index contributed by atoms with van der Waals surface area (Å²) in [5, 5.41) is 9.30. The molecule has 4 unspecified atom stereocenters. The van der Waals surface area contributed by atoms with Crippen molar-refractivity contribution >= 4 is 0 Å². The Kier molecular flexibility index (Phi) is 1.42. The summed E-state index contributed by atoms with van der Waals surface area (Å²) in [5.74, 6) is 0. The van der Waals surface area contributed by atoms with E-state index in [9.17, 15) is 5.11 Å². The Labute approximate surface area is 58.7 Å². The van der Waals surface area contributed by atoms with Crippen molar-refractivity contribution in [3.63, 3.8) is 0 Å². The van der Waals surface area contributed by atoms with E-state index < -0.39 is 12.4 Å². The summed E-state index contributed by atoms with van der Waals surface area (Å²) in [5.41, 5.74) is 0. The molecule has 4 atom stereocenters. The van der Waals surface area contributed by atoms with E-state index >= 15 is 0 Å². The van der Waals surface area contributed by atoms with Gasteiger partial charge in [0.15, 0.2) is 6.29 Å². The van der Waals surface area contributed by atoms with E-state index in [0.29, 0.717) is 6.61 Å². The molecule has 2 aliphatic heterocycles. The fourth-order valence-corrected chi connectivity index (χ4v) is 1.32. The number of methoxy groups -OCH3 is 1. The van der Waals surface area contributed by atoms with Crippen LogP contribution in [0.5, 0.6) is 0 Å². The van der Waals surface area contributed by atoms with Gasteiger partial charge in [-0.25, -0.2) is 0 Å². The third kappa shape index (κ3) is 0.703. The van der Waals surface area contributed by atoms with E-state index in [0.717, 1.165) is 0 Å². The van der Waals surface area contributed by atoms with E-state index in [1.807, 2.05) is 0 Å². The van der Waals surface area contributed by atoms with Crippen molar-refractivity contribution in [3.8, 4) is 0 Å². The summed E-state index contributed by atoms with van der Waals surface area (Å²) in [6.07, 6.45) is -1.19.